The summed E-state index contributed by atoms with van der Waals surface area (Å²) in [6, 6.07) is 0. The maximum Gasteiger partial charge on any atom is 0.329 e. The van der Waals surface area contributed by atoms with Crippen molar-refractivity contribution < 1.29 is 14.6 Å². The van der Waals surface area contributed by atoms with Crippen molar-refractivity contribution in [2.75, 3.05) is 25.1 Å². The van der Waals surface area contributed by atoms with Crippen LogP contribution in [0.2, 0.25) is 0 Å². The summed E-state index contributed by atoms with van der Waals surface area (Å²) >= 11 is 0. The molecular weight excluding hydrogens is 214 g/mol. The highest BCUT2D eigenvalue weighted by Crippen LogP contribution is 1.90. The van der Waals surface area contributed by atoms with Gasteiger partial charge in [0.05, 0.1) is 6.61 Å². The summed E-state index contributed by atoms with van der Waals surface area (Å²) in [5, 5.41) is 11.1. The standard InChI is InChI=1S/C9H13N3O4/c1-12-4-2-10-8(9(12)15)11-3-5-16-6-7(13)14/h2,4H,3,5-6H2,1H3,(H,10,11)(H,13,14). The first-order chi connectivity index (χ1) is 7.61. The number of ether oxygens (including phenoxy) is 1. The highest BCUT2D eigenvalue weighted by molar-refractivity contribution is 5.67. The molecule has 0 aliphatic carbocycles. The summed E-state index contributed by atoms with van der Waals surface area (Å²) in [4.78, 5) is 25.4. The number of carbonyl (C=O) groups is 1. The van der Waals surface area contributed by atoms with Gasteiger partial charge in [0.15, 0.2) is 5.82 Å². The van der Waals surface area contributed by atoms with Crippen LogP contribution in [0, 0.1) is 0 Å². The van der Waals surface area contributed by atoms with E-state index in [0.29, 0.717) is 6.54 Å². The molecule has 0 bridgehead atoms. The molecule has 0 aromatic carbocycles. The number of nitrogens with one attached hydrogen (secondary N) is 1. The summed E-state index contributed by atoms with van der Waals surface area (Å²) in [5.41, 5.74) is -0.235. The minimum absolute atomic E-state index is 0.200. The van der Waals surface area contributed by atoms with Crippen LogP contribution in [-0.4, -0.2) is 40.4 Å². The number of hydrogen-bond donors (Lipinski definition) is 2. The van der Waals surface area contributed by atoms with Crippen molar-refractivity contribution in [3.8, 4) is 0 Å². The lowest BCUT2D eigenvalue weighted by Crippen LogP contribution is -2.24. The number of anilines is 1. The zero-order chi connectivity index (χ0) is 12.0. The second-order valence-electron chi connectivity index (χ2n) is 3.07. The van der Waals surface area contributed by atoms with Crippen LogP contribution in [0.15, 0.2) is 17.2 Å². The quantitative estimate of drug-likeness (QED) is 0.624. The Kier molecular flexibility index (Phi) is 4.46. The molecule has 0 unspecified atom stereocenters. The first-order valence-corrected chi connectivity index (χ1v) is 4.66. The van der Waals surface area contributed by atoms with Crippen LogP contribution in [0.25, 0.3) is 0 Å². The minimum Gasteiger partial charge on any atom is -0.480 e. The number of carboxylic acid groups (broad SMARTS) is 1. The predicted molar refractivity (Wildman–Crippen MR) is 56.4 cm³/mol. The van der Waals surface area contributed by atoms with Crippen LogP contribution < -0.4 is 10.9 Å². The summed E-state index contributed by atoms with van der Waals surface area (Å²) in [5.74, 6) is -0.794. The summed E-state index contributed by atoms with van der Waals surface area (Å²) < 4.78 is 6.18. The predicted octanol–water partition coefficient (Wildman–Crippen LogP) is -0.707. The molecular formula is C9H13N3O4. The molecule has 1 rings (SSSR count). The van der Waals surface area contributed by atoms with Gasteiger partial charge in [-0.15, -0.1) is 0 Å². The van der Waals surface area contributed by atoms with Crippen molar-refractivity contribution in [3.63, 3.8) is 0 Å². The van der Waals surface area contributed by atoms with E-state index in [-0.39, 0.29) is 24.6 Å². The van der Waals surface area contributed by atoms with Crippen molar-refractivity contribution in [1.82, 2.24) is 9.55 Å². The van der Waals surface area contributed by atoms with Gasteiger partial charge in [0.1, 0.15) is 6.61 Å². The number of aromatic nitrogens is 2. The molecule has 2 N–H and O–H groups in total. The molecule has 0 fully saturated rings. The number of nitrogens with zero attached hydrogens (tertiary/aromatic N) is 2. The number of hydrogen-bond acceptors (Lipinski definition) is 5. The monoisotopic (exact) mass is 227 g/mol. The molecule has 1 aromatic rings. The molecule has 1 heterocycles. The lowest BCUT2D eigenvalue weighted by atomic mass is 10.5. The fourth-order valence-electron chi connectivity index (χ4n) is 1.02. The lowest BCUT2D eigenvalue weighted by molar-refractivity contribution is -0.142. The molecule has 0 atom stereocenters. The summed E-state index contributed by atoms with van der Waals surface area (Å²) in [6.45, 7) is 0.188. The highest BCUT2D eigenvalue weighted by atomic mass is 16.5. The van der Waals surface area contributed by atoms with E-state index in [4.69, 9.17) is 9.84 Å². The van der Waals surface area contributed by atoms with Gasteiger partial charge in [-0.2, -0.15) is 0 Å². The Balaban J connectivity index is 2.35. The maximum absolute atomic E-state index is 11.4. The molecule has 88 valence electrons. The van der Waals surface area contributed by atoms with E-state index in [9.17, 15) is 9.59 Å². The number of aliphatic carboxylic acids is 1. The second kappa shape index (κ2) is 5.86. The van der Waals surface area contributed by atoms with Crippen LogP contribution >= 0.6 is 0 Å². The van der Waals surface area contributed by atoms with E-state index in [2.05, 4.69) is 10.3 Å². The first kappa shape index (κ1) is 12.2. The molecule has 16 heavy (non-hydrogen) atoms. The zero-order valence-electron chi connectivity index (χ0n) is 8.84. The molecule has 0 aliphatic rings. The maximum atomic E-state index is 11.4. The lowest BCUT2D eigenvalue weighted by Gasteiger charge is -2.05. The Morgan fingerprint density at radius 1 is 1.69 bits per heavy atom. The van der Waals surface area contributed by atoms with Crippen LogP contribution in [0.1, 0.15) is 0 Å². The average molecular weight is 227 g/mol. The summed E-state index contributed by atoms with van der Waals surface area (Å²) in [6.07, 6.45) is 3.05. The van der Waals surface area contributed by atoms with Crippen molar-refractivity contribution in [3.05, 3.63) is 22.7 Å². The third-order valence-electron chi connectivity index (χ3n) is 1.78. The van der Waals surface area contributed by atoms with Gasteiger partial charge in [-0.05, 0) is 0 Å². The summed E-state index contributed by atoms with van der Waals surface area (Å²) in [7, 11) is 1.62. The number of rotatable bonds is 6. The van der Waals surface area contributed by atoms with Gasteiger partial charge in [0, 0.05) is 26.0 Å². The van der Waals surface area contributed by atoms with Crippen LogP contribution in [0.4, 0.5) is 5.82 Å². The Morgan fingerprint density at radius 3 is 3.12 bits per heavy atom. The normalized spacial score (nSPS) is 10.1. The van der Waals surface area contributed by atoms with Crippen LogP contribution in [0.3, 0.4) is 0 Å². The van der Waals surface area contributed by atoms with E-state index >= 15 is 0 Å². The minimum atomic E-state index is -1.02. The van der Waals surface area contributed by atoms with Gasteiger partial charge in [-0.25, -0.2) is 9.78 Å². The van der Waals surface area contributed by atoms with Gasteiger partial charge < -0.3 is 19.7 Å². The number of aryl methyl sites for hydroxylation is 1. The van der Waals surface area contributed by atoms with Crippen molar-refractivity contribution in [2.45, 2.75) is 0 Å². The van der Waals surface area contributed by atoms with Gasteiger partial charge in [0.25, 0.3) is 5.56 Å². The molecule has 0 saturated heterocycles. The van der Waals surface area contributed by atoms with Gasteiger partial charge in [-0.3, -0.25) is 4.79 Å². The van der Waals surface area contributed by atoms with Crippen LogP contribution in [-0.2, 0) is 16.6 Å². The van der Waals surface area contributed by atoms with Gasteiger partial charge in [0.2, 0.25) is 0 Å². The average Bonchev–Trinajstić information content (AvgIpc) is 2.23. The largest absolute Gasteiger partial charge is 0.480 e. The van der Waals surface area contributed by atoms with Gasteiger partial charge >= 0.3 is 5.97 Å². The Bertz CT molecular complexity index is 415. The molecule has 7 nitrogen and oxygen atoms in total. The topological polar surface area (TPSA) is 93.4 Å². The van der Waals surface area contributed by atoms with E-state index in [0.717, 1.165) is 0 Å². The Labute approximate surface area is 91.7 Å². The van der Waals surface area contributed by atoms with E-state index in [1.165, 1.54) is 10.8 Å². The molecule has 0 spiro atoms. The molecule has 0 radical (unpaired) electrons. The molecule has 1 aromatic heterocycles. The number of carboxylic acids is 1. The molecule has 7 heteroatoms. The second-order valence-corrected chi connectivity index (χ2v) is 3.07. The van der Waals surface area contributed by atoms with Crippen molar-refractivity contribution >= 4 is 11.8 Å². The van der Waals surface area contributed by atoms with E-state index in [1.54, 1.807) is 13.2 Å². The van der Waals surface area contributed by atoms with Crippen molar-refractivity contribution in [1.29, 1.82) is 0 Å². The molecule has 0 aliphatic heterocycles. The zero-order valence-corrected chi connectivity index (χ0v) is 8.84. The molecule has 0 amide bonds. The third-order valence-corrected chi connectivity index (χ3v) is 1.78. The van der Waals surface area contributed by atoms with Crippen LogP contribution in [0.5, 0.6) is 0 Å². The van der Waals surface area contributed by atoms with E-state index in [1.807, 2.05) is 0 Å². The SMILES string of the molecule is Cn1ccnc(NCCOCC(=O)O)c1=O. The molecule has 0 saturated carbocycles. The Hall–Kier alpha value is -1.89. The van der Waals surface area contributed by atoms with E-state index < -0.39 is 5.97 Å². The fourth-order valence-corrected chi connectivity index (χ4v) is 1.02. The van der Waals surface area contributed by atoms with Gasteiger partial charge in [-0.1, -0.05) is 0 Å². The Morgan fingerprint density at radius 2 is 2.44 bits per heavy atom. The third kappa shape index (κ3) is 3.70. The smallest absolute Gasteiger partial charge is 0.329 e. The fraction of sp³-hybridized carbons (Fsp3) is 0.444. The highest BCUT2D eigenvalue weighted by Gasteiger charge is 2.01. The first-order valence-electron chi connectivity index (χ1n) is 4.66. The van der Waals surface area contributed by atoms with Crippen molar-refractivity contribution in [2.24, 2.45) is 7.05 Å².